The van der Waals surface area contributed by atoms with E-state index >= 15 is 0 Å². The summed E-state index contributed by atoms with van der Waals surface area (Å²) in [5.74, 6) is 5.11. The number of hydrogen-bond donors (Lipinski definition) is 0. The van der Waals surface area contributed by atoms with Gasteiger partial charge >= 0.3 is 0 Å². The summed E-state index contributed by atoms with van der Waals surface area (Å²) >= 11 is 0. The molecule has 0 aromatic rings. The van der Waals surface area contributed by atoms with Crippen LogP contribution in [0, 0.1) is 29.6 Å². The van der Waals surface area contributed by atoms with E-state index in [9.17, 15) is 4.79 Å². The molecule has 2 nitrogen and oxygen atoms in total. The normalized spacial score (nSPS) is 31.7. The molecule has 2 heteroatoms. The van der Waals surface area contributed by atoms with Crippen molar-refractivity contribution in [3.05, 3.63) is 0 Å². The molecular formula is C37H67NO. The van der Waals surface area contributed by atoms with Crippen LogP contribution >= 0.6 is 0 Å². The zero-order valence-corrected chi connectivity index (χ0v) is 26.2. The number of carbonyl (C=O) groups is 1. The van der Waals surface area contributed by atoms with Crippen LogP contribution in [0.3, 0.4) is 0 Å². The van der Waals surface area contributed by atoms with Crippen molar-refractivity contribution >= 4 is 5.91 Å². The molecule has 0 aromatic heterocycles. The highest BCUT2D eigenvalue weighted by Gasteiger charge is 2.28. The molecule has 0 N–H and O–H groups in total. The first-order chi connectivity index (χ1) is 19.3. The Labute approximate surface area is 244 Å². The standard InChI is InChI=1S/C37H67NO/c39-37-29-17-27-36(28-18-30-38(37)31-32-19-10-6-4-5-7-11-20-32)35-24-15-14-23-34(25-16-26-35)33-21-12-8-2-1-3-9-13-22-33/h32-36H,1-31H2. The third-order valence-corrected chi connectivity index (χ3v) is 11.8. The van der Waals surface area contributed by atoms with E-state index in [0.717, 1.165) is 55.5 Å². The first-order valence-corrected chi connectivity index (χ1v) is 18.6. The largest absolute Gasteiger partial charge is 0.342 e. The lowest BCUT2D eigenvalue weighted by atomic mass is 9.77. The summed E-state index contributed by atoms with van der Waals surface area (Å²) in [6, 6.07) is 0. The number of amides is 1. The van der Waals surface area contributed by atoms with Gasteiger partial charge in [0.05, 0.1) is 0 Å². The van der Waals surface area contributed by atoms with Gasteiger partial charge in [-0.3, -0.25) is 4.79 Å². The van der Waals surface area contributed by atoms with Gasteiger partial charge in [0, 0.05) is 19.5 Å². The molecule has 1 amide bonds. The first-order valence-electron chi connectivity index (χ1n) is 18.6. The van der Waals surface area contributed by atoms with Gasteiger partial charge in [-0.05, 0) is 68.1 Å². The lowest BCUT2D eigenvalue weighted by Gasteiger charge is -2.29. The fraction of sp³-hybridized carbons (Fsp3) is 0.973. The Morgan fingerprint density at radius 3 is 1.28 bits per heavy atom. The van der Waals surface area contributed by atoms with E-state index < -0.39 is 0 Å². The van der Waals surface area contributed by atoms with Gasteiger partial charge in [0.1, 0.15) is 0 Å². The van der Waals surface area contributed by atoms with Crippen molar-refractivity contribution < 1.29 is 4.79 Å². The quantitative estimate of drug-likeness (QED) is 0.346. The Balaban J connectivity index is 1.25. The van der Waals surface area contributed by atoms with Gasteiger partial charge in [-0.15, -0.1) is 0 Å². The second-order valence-corrected chi connectivity index (χ2v) is 14.7. The summed E-state index contributed by atoms with van der Waals surface area (Å²) in [5.41, 5.74) is 0. The third kappa shape index (κ3) is 11.7. The van der Waals surface area contributed by atoms with Crippen LogP contribution < -0.4 is 0 Å². The molecule has 1 aliphatic heterocycles. The van der Waals surface area contributed by atoms with Gasteiger partial charge < -0.3 is 4.90 Å². The fourth-order valence-electron chi connectivity index (χ4n) is 9.36. The Kier molecular flexibility index (Phi) is 15.1. The maximum Gasteiger partial charge on any atom is 0.222 e. The Hall–Kier alpha value is -0.530. The van der Waals surface area contributed by atoms with E-state index in [-0.39, 0.29) is 0 Å². The van der Waals surface area contributed by atoms with Gasteiger partial charge in [0.25, 0.3) is 0 Å². The van der Waals surface area contributed by atoms with Crippen molar-refractivity contribution in [2.75, 3.05) is 13.1 Å². The maximum atomic E-state index is 13.2. The molecule has 3 saturated carbocycles. The molecule has 0 aromatic carbocycles. The van der Waals surface area contributed by atoms with Crippen molar-refractivity contribution in [2.24, 2.45) is 29.6 Å². The number of rotatable bonds is 4. The van der Waals surface area contributed by atoms with E-state index in [1.54, 1.807) is 0 Å². The van der Waals surface area contributed by atoms with E-state index in [1.807, 2.05) is 0 Å². The summed E-state index contributed by atoms with van der Waals surface area (Å²) < 4.78 is 0. The molecule has 4 fully saturated rings. The van der Waals surface area contributed by atoms with Gasteiger partial charge in [-0.25, -0.2) is 0 Å². The van der Waals surface area contributed by atoms with E-state index in [1.165, 1.54) is 173 Å². The molecule has 3 unspecified atom stereocenters. The Bertz CT molecular complexity index is 625. The second kappa shape index (κ2) is 18.8. The van der Waals surface area contributed by atoms with Crippen LogP contribution in [0.4, 0.5) is 0 Å². The van der Waals surface area contributed by atoms with Crippen LogP contribution in [0.15, 0.2) is 0 Å². The Morgan fingerprint density at radius 1 is 0.410 bits per heavy atom. The smallest absolute Gasteiger partial charge is 0.222 e. The van der Waals surface area contributed by atoms with Crippen LogP contribution in [0.25, 0.3) is 0 Å². The highest BCUT2D eigenvalue weighted by atomic mass is 16.2. The topological polar surface area (TPSA) is 20.3 Å². The molecule has 0 spiro atoms. The highest BCUT2D eigenvalue weighted by molar-refractivity contribution is 5.76. The minimum atomic E-state index is 0.485. The van der Waals surface area contributed by atoms with Crippen molar-refractivity contribution in [3.8, 4) is 0 Å². The molecule has 4 aliphatic rings. The molecule has 4 rings (SSSR count). The van der Waals surface area contributed by atoms with Crippen LogP contribution in [-0.4, -0.2) is 23.9 Å². The second-order valence-electron chi connectivity index (χ2n) is 14.7. The predicted molar refractivity (Wildman–Crippen MR) is 168 cm³/mol. The molecule has 0 bridgehead atoms. The van der Waals surface area contributed by atoms with Gasteiger partial charge in [0.15, 0.2) is 0 Å². The molecule has 226 valence electrons. The van der Waals surface area contributed by atoms with Crippen LogP contribution in [0.1, 0.15) is 186 Å². The lowest BCUT2D eigenvalue weighted by Crippen LogP contribution is -2.36. The summed E-state index contributed by atoms with van der Waals surface area (Å²) in [5, 5.41) is 0. The summed E-state index contributed by atoms with van der Waals surface area (Å²) in [6.45, 7) is 2.11. The van der Waals surface area contributed by atoms with Crippen molar-refractivity contribution in [3.63, 3.8) is 0 Å². The van der Waals surface area contributed by atoms with E-state index in [4.69, 9.17) is 0 Å². The van der Waals surface area contributed by atoms with Crippen LogP contribution in [0.5, 0.6) is 0 Å². The molecule has 1 saturated heterocycles. The zero-order chi connectivity index (χ0) is 27.0. The van der Waals surface area contributed by atoms with Gasteiger partial charge in [0.2, 0.25) is 5.91 Å². The van der Waals surface area contributed by atoms with Crippen molar-refractivity contribution in [1.29, 1.82) is 0 Å². The van der Waals surface area contributed by atoms with Gasteiger partial charge in [-0.1, -0.05) is 141 Å². The first kappa shape index (κ1) is 31.4. The molecular weight excluding hydrogens is 474 g/mol. The average Bonchev–Trinajstić information content (AvgIpc) is 3.20. The average molecular weight is 542 g/mol. The van der Waals surface area contributed by atoms with Crippen LogP contribution in [-0.2, 0) is 4.79 Å². The minimum absolute atomic E-state index is 0.485. The van der Waals surface area contributed by atoms with E-state index in [0.29, 0.717) is 5.91 Å². The molecule has 1 heterocycles. The number of hydrogen-bond acceptors (Lipinski definition) is 1. The molecule has 0 radical (unpaired) electrons. The maximum absolute atomic E-state index is 13.2. The molecule has 3 atom stereocenters. The number of carbonyl (C=O) groups excluding carboxylic acids is 1. The van der Waals surface area contributed by atoms with Crippen LogP contribution in [0.2, 0.25) is 0 Å². The monoisotopic (exact) mass is 542 g/mol. The third-order valence-electron chi connectivity index (χ3n) is 11.8. The van der Waals surface area contributed by atoms with Gasteiger partial charge in [-0.2, -0.15) is 0 Å². The minimum Gasteiger partial charge on any atom is -0.342 e. The summed E-state index contributed by atoms with van der Waals surface area (Å²) in [4.78, 5) is 15.6. The van der Waals surface area contributed by atoms with E-state index in [2.05, 4.69) is 4.90 Å². The lowest BCUT2D eigenvalue weighted by molar-refractivity contribution is -0.132. The highest BCUT2D eigenvalue weighted by Crippen LogP contribution is 2.39. The molecule has 3 aliphatic carbocycles. The summed E-state index contributed by atoms with van der Waals surface area (Å²) in [6.07, 6.45) is 41.0. The van der Waals surface area contributed by atoms with Crippen molar-refractivity contribution in [1.82, 2.24) is 4.90 Å². The summed E-state index contributed by atoms with van der Waals surface area (Å²) in [7, 11) is 0. The Morgan fingerprint density at radius 2 is 0.769 bits per heavy atom. The zero-order valence-electron chi connectivity index (χ0n) is 26.2. The fourth-order valence-corrected chi connectivity index (χ4v) is 9.36. The SMILES string of the molecule is O=C1CCCC(C2CCCCC(C3CCCCCCCCC3)CCC2)CCCN1CC1CCCCCCCC1. The number of nitrogens with zero attached hydrogens (tertiary/aromatic N) is 1. The molecule has 39 heavy (non-hydrogen) atoms. The predicted octanol–water partition coefficient (Wildman–Crippen LogP) is 11.3. The van der Waals surface area contributed by atoms with Crippen molar-refractivity contribution in [2.45, 2.75) is 186 Å².